The molecule has 0 radical (unpaired) electrons. The molecule has 0 saturated carbocycles. The fourth-order valence-electron chi connectivity index (χ4n) is 2.21. The van der Waals surface area contributed by atoms with Crippen molar-refractivity contribution in [2.75, 3.05) is 11.9 Å². The minimum absolute atomic E-state index is 0.123. The number of hydrogen-bond donors (Lipinski definition) is 3. The molecule has 2 rings (SSSR count). The zero-order chi connectivity index (χ0) is 14.7. The largest absolute Gasteiger partial charge is 0.354 e. The number of rotatable bonds is 2. The van der Waals surface area contributed by atoms with Gasteiger partial charge in [0.2, 0.25) is 5.91 Å². The Morgan fingerprint density at radius 2 is 2.20 bits per heavy atom. The summed E-state index contributed by atoms with van der Waals surface area (Å²) < 4.78 is 0.844. The lowest BCUT2D eigenvalue weighted by Gasteiger charge is -2.29. The molecule has 20 heavy (non-hydrogen) atoms. The third kappa shape index (κ3) is 3.30. The van der Waals surface area contributed by atoms with Gasteiger partial charge in [-0.05, 0) is 46.8 Å². The first-order valence-electron chi connectivity index (χ1n) is 6.59. The Bertz CT molecular complexity index is 533. The van der Waals surface area contributed by atoms with Crippen molar-refractivity contribution >= 4 is 33.6 Å². The second-order valence-corrected chi connectivity index (χ2v) is 5.86. The summed E-state index contributed by atoms with van der Waals surface area (Å²) in [5.41, 5.74) is 1.72. The van der Waals surface area contributed by atoms with Crippen LogP contribution in [0.4, 0.5) is 10.5 Å². The zero-order valence-corrected chi connectivity index (χ0v) is 13.1. The van der Waals surface area contributed by atoms with E-state index in [1.807, 2.05) is 26.0 Å². The van der Waals surface area contributed by atoms with Crippen molar-refractivity contribution < 1.29 is 9.59 Å². The maximum atomic E-state index is 12.0. The van der Waals surface area contributed by atoms with Crippen LogP contribution in [0.15, 0.2) is 22.7 Å². The van der Waals surface area contributed by atoms with Crippen molar-refractivity contribution in [2.24, 2.45) is 5.92 Å². The van der Waals surface area contributed by atoms with Crippen LogP contribution in [0.5, 0.6) is 0 Å². The van der Waals surface area contributed by atoms with Gasteiger partial charge in [-0.1, -0.05) is 19.1 Å². The van der Waals surface area contributed by atoms with Crippen LogP contribution in [0.2, 0.25) is 0 Å². The van der Waals surface area contributed by atoms with Crippen molar-refractivity contribution in [1.82, 2.24) is 10.6 Å². The maximum absolute atomic E-state index is 12.0. The standard InChI is InChI=1S/C14H18BrN3O2/c1-8-4-3-5-10(11(8)15)17-14(20)18-12-9(2)6-7-16-13(12)19/h3-5,9,12H,6-7H2,1-2H3,(H,16,19)(H2,17,18,20)/t9-,12+/m0/s1. The molecule has 0 unspecified atom stereocenters. The molecule has 1 aromatic rings. The molecular formula is C14H18BrN3O2. The predicted octanol–water partition coefficient (Wildman–Crippen LogP) is 2.40. The molecule has 0 spiro atoms. The molecule has 6 heteroatoms. The molecule has 0 bridgehead atoms. The van der Waals surface area contributed by atoms with E-state index in [4.69, 9.17) is 0 Å². The molecule has 1 aromatic carbocycles. The lowest BCUT2D eigenvalue weighted by atomic mass is 9.94. The van der Waals surface area contributed by atoms with Crippen molar-refractivity contribution in [1.29, 1.82) is 0 Å². The van der Waals surface area contributed by atoms with Gasteiger partial charge in [0, 0.05) is 11.0 Å². The molecule has 1 aliphatic rings. The molecule has 0 aromatic heterocycles. The van der Waals surface area contributed by atoms with E-state index in [9.17, 15) is 9.59 Å². The zero-order valence-electron chi connectivity index (χ0n) is 11.5. The van der Waals surface area contributed by atoms with Crippen LogP contribution in [0, 0.1) is 12.8 Å². The molecule has 0 aliphatic carbocycles. The van der Waals surface area contributed by atoms with Gasteiger partial charge in [-0.2, -0.15) is 0 Å². The molecular weight excluding hydrogens is 322 g/mol. The van der Waals surface area contributed by atoms with Crippen LogP contribution in [-0.4, -0.2) is 24.5 Å². The van der Waals surface area contributed by atoms with E-state index >= 15 is 0 Å². The highest BCUT2D eigenvalue weighted by atomic mass is 79.9. The molecule has 1 heterocycles. The number of carbonyl (C=O) groups is 2. The predicted molar refractivity (Wildman–Crippen MR) is 81.6 cm³/mol. The van der Waals surface area contributed by atoms with Gasteiger partial charge in [-0.3, -0.25) is 4.79 Å². The number of aryl methyl sites for hydroxylation is 1. The third-order valence-corrected chi connectivity index (χ3v) is 4.53. The summed E-state index contributed by atoms with van der Waals surface area (Å²) in [7, 11) is 0. The number of amides is 3. The molecule has 3 N–H and O–H groups in total. The fourth-order valence-corrected chi connectivity index (χ4v) is 2.57. The van der Waals surface area contributed by atoms with E-state index in [0.717, 1.165) is 16.5 Å². The van der Waals surface area contributed by atoms with Gasteiger partial charge in [-0.25, -0.2) is 4.79 Å². The van der Waals surface area contributed by atoms with E-state index in [2.05, 4.69) is 31.9 Å². The first-order valence-corrected chi connectivity index (χ1v) is 7.38. The van der Waals surface area contributed by atoms with Gasteiger partial charge in [-0.15, -0.1) is 0 Å². The van der Waals surface area contributed by atoms with Crippen molar-refractivity contribution in [3.05, 3.63) is 28.2 Å². The second-order valence-electron chi connectivity index (χ2n) is 5.07. The summed E-state index contributed by atoms with van der Waals surface area (Å²) in [5.74, 6) is 0.0117. The van der Waals surface area contributed by atoms with Gasteiger partial charge in [0.1, 0.15) is 6.04 Å². The number of anilines is 1. The highest BCUT2D eigenvalue weighted by Crippen LogP contribution is 2.25. The Balaban J connectivity index is 2.02. The van der Waals surface area contributed by atoms with Crippen LogP contribution >= 0.6 is 15.9 Å². The first-order chi connectivity index (χ1) is 9.49. The van der Waals surface area contributed by atoms with Gasteiger partial charge >= 0.3 is 6.03 Å². The average molecular weight is 340 g/mol. The summed E-state index contributed by atoms with van der Waals surface area (Å²) in [6, 6.07) is 4.77. The highest BCUT2D eigenvalue weighted by molar-refractivity contribution is 9.10. The average Bonchev–Trinajstić information content (AvgIpc) is 2.39. The normalized spacial score (nSPS) is 22.1. The lowest BCUT2D eigenvalue weighted by Crippen LogP contribution is -2.55. The van der Waals surface area contributed by atoms with E-state index in [-0.39, 0.29) is 17.9 Å². The Morgan fingerprint density at radius 1 is 1.45 bits per heavy atom. The van der Waals surface area contributed by atoms with Crippen LogP contribution < -0.4 is 16.0 Å². The van der Waals surface area contributed by atoms with Crippen LogP contribution in [-0.2, 0) is 4.79 Å². The summed E-state index contributed by atoms with van der Waals surface area (Å²) in [6.07, 6.45) is 0.866. The fraction of sp³-hybridized carbons (Fsp3) is 0.429. The molecule has 3 amide bonds. The van der Waals surface area contributed by atoms with Gasteiger partial charge in [0.15, 0.2) is 0 Å². The maximum Gasteiger partial charge on any atom is 0.319 e. The van der Waals surface area contributed by atoms with Crippen molar-refractivity contribution in [3.63, 3.8) is 0 Å². The van der Waals surface area contributed by atoms with Crippen molar-refractivity contribution in [3.8, 4) is 0 Å². The Hall–Kier alpha value is -1.56. The number of urea groups is 1. The summed E-state index contributed by atoms with van der Waals surface area (Å²) in [4.78, 5) is 23.8. The third-order valence-electron chi connectivity index (χ3n) is 3.48. The molecule has 108 valence electrons. The van der Waals surface area contributed by atoms with E-state index in [1.54, 1.807) is 6.07 Å². The summed E-state index contributed by atoms with van der Waals surface area (Å²) in [6.45, 7) is 4.58. The Kier molecular flexibility index (Phi) is 4.65. The Morgan fingerprint density at radius 3 is 2.90 bits per heavy atom. The topological polar surface area (TPSA) is 70.2 Å². The van der Waals surface area contributed by atoms with Crippen LogP contribution in [0.25, 0.3) is 0 Å². The molecule has 5 nitrogen and oxygen atoms in total. The smallest absolute Gasteiger partial charge is 0.319 e. The van der Waals surface area contributed by atoms with Crippen LogP contribution in [0.3, 0.4) is 0 Å². The lowest BCUT2D eigenvalue weighted by molar-refractivity contribution is -0.125. The minimum Gasteiger partial charge on any atom is -0.354 e. The van der Waals surface area contributed by atoms with Gasteiger partial charge < -0.3 is 16.0 Å². The second kappa shape index (κ2) is 6.26. The molecule has 1 fully saturated rings. The number of halogens is 1. The quantitative estimate of drug-likeness (QED) is 0.774. The summed E-state index contributed by atoms with van der Waals surface area (Å²) in [5, 5.41) is 8.25. The van der Waals surface area contributed by atoms with Gasteiger partial charge in [0.25, 0.3) is 0 Å². The molecule has 2 atom stereocenters. The SMILES string of the molecule is Cc1cccc(NC(=O)N[C@H]2C(=O)NCC[C@@H]2C)c1Br. The number of carbonyl (C=O) groups excluding carboxylic acids is 2. The van der Waals surface area contributed by atoms with Crippen molar-refractivity contribution in [2.45, 2.75) is 26.3 Å². The van der Waals surface area contributed by atoms with Crippen LogP contribution in [0.1, 0.15) is 18.9 Å². The highest BCUT2D eigenvalue weighted by Gasteiger charge is 2.30. The number of piperidine rings is 1. The van der Waals surface area contributed by atoms with Gasteiger partial charge in [0.05, 0.1) is 5.69 Å². The summed E-state index contributed by atoms with van der Waals surface area (Å²) >= 11 is 3.44. The van der Waals surface area contributed by atoms with E-state index in [1.165, 1.54) is 0 Å². The number of benzene rings is 1. The Labute approximate surface area is 126 Å². The molecule has 1 saturated heterocycles. The minimum atomic E-state index is -0.479. The van der Waals surface area contributed by atoms with E-state index in [0.29, 0.717) is 12.2 Å². The number of nitrogens with one attached hydrogen (secondary N) is 3. The number of hydrogen-bond acceptors (Lipinski definition) is 2. The first kappa shape index (κ1) is 14.8. The monoisotopic (exact) mass is 339 g/mol. The molecule has 1 aliphatic heterocycles. The van der Waals surface area contributed by atoms with E-state index < -0.39 is 6.04 Å².